The average Bonchev–Trinajstić information content (AvgIpc) is 3.20. The van der Waals surface area contributed by atoms with Gasteiger partial charge in [0, 0.05) is 0 Å². The number of carbonyl (C=O) groups is 1. The van der Waals surface area contributed by atoms with E-state index in [1.807, 2.05) is 60.7 Å². The number of benzene rings is 3. The van der Waals surface area contributed by atoms with Crippen LogP contribution in [0.1, 0.15) is 16.2 Å². The molecule has 7 heteroatoms. The minimum Gasteiger partial charge on any atom is -0.496 e. The fraction of sp³-hybridized carbons (Fsp3) is 0.100. The second-order valence-corrected chi connectivity index (χ2v) is 5.82. The third-order valence-electron chi connectivity index (χ3n) is 4.15. The normalized spacial score (nSPS) is 10.7. The maximum atomic E-state index is 12.6. The number of ether oxygens (including phenoxy) is 2. The molecule has 134 valence electrons. The van der Waals surface area contributed by atoms with Gasteiger partial charge in [0.05, 0.1) is 12.8 Å². The van der Waals surface area contributed by atoms with Gasteiger partial charge in [0.15, 0.2) is 12.4 Å². The summed E-state index contributed by atoms with van der Waals surface area (Å²) in [5.74, 6) is 0.385. The van der Waals surface area contributed by atoms with Crippen LogP contribution in [0, 0.1) is 0 Å². The zero-order valence-electron chi connectivity index (χ0n) is 14.6. The SMILES string of the molecule is COc1cc2ccccc2cc1C(=O)OCc1nnnn1-c1ccccc1. The van der Waals surface area contributed by atoms with Crippen LogP contribution in [0.2, 0.25) is 0 Å². The van der Waals surface area contributed by atoms with E-state index in [-0.39, 0.29) is 6.61 Å². The second-order valence-electron chi connectivity index (χ2n) is 5.82. The van der Waals surface area contributed by atoms with E-state index in [0.29, 0.717) is 17.1 Å². The lowest BCUT2D eigenvalue weighted by Crippen LogP contribution is -2.11. The standard InChI is InChI=1S/C20H16N4O3/c1-26-18-12-15-8-6-5-7-14(15)11-17(18)20(25)27-13-19-21-22-23-24(19)16-9-3-2-4-10-16/h2-12H,13H2,1H3. The lowest BCUT2D eigenvalue weighted by atomic mass is 10.1. The first kappa shape index (κ1) is 16.7. The van der Waals surface area contributed by atoms with Crippen LogP contribution in [0.4, 0.5) is 0 Å². The van der Waals surface area contributed by atoms with Gasteiger partial charge < -0.3 is 9.47 Å². The van der Waals surface area contributed by atoms with E-state index in [2.05, 4.69) is 15.5 Å². The van der Waals surface area contributed by atoms with Crippen LogP contribution in [0.25, 0.3) is 16.5 Å². The van der Waals surface area contributed by atoms with Gasteiger partial charge in [0.25, 0.3) is 0 Å². The summed E-state index contributed by atoms with van der Waals surface area (Å²) in [6.45, 7) is -0.0588. The first-order chi connectivity index (χ1) is 13.3. The second kappa shape index (κ2) is 7.25. The quantitative estimate of drug-likeness (QED) is 0.509. The maximum absolute atomic E-state index is 12.6. The Morgan fingerprint density at radius 1 is 1.00 bits per heavy atom. The third kappa shape index (κ3) is 3.35. The highest BCUT2D eigenvalue weighted by Crippen LogP contribution is 2.26. The van der Waals surface area contributed by atoms with Gasteiger partial charge in [-0.2, -0.15) is 4.68 Å². The van der Waals surface area contributed by atoms with E-state index in [0.717, 1.165) is 16.5 Å². The Bertz CT molecular complexity index is 1090. The molecule has 0 radical (unpaired) electrons. The number of methoxy groups -OCH3 is 1. The van der Waals surface area contributed by atoms with E-state index >= 15 is 0 Å². The van der Waals surface area contributed by atoms with Gasteiger partial charge in [0.2, 0.25) is 0 Å². The van der Waals surface area contributed by atoms with Crippen LogP contribution >= 0.6 is 0 Å². The molecule has 7 nitrogen and oxygen atoms in total. The molecule has 0 atom stereocenters. The Kier molecular flexibility index (Phi) is 4.49. The molecule has 0 unspecified atom stereocenters. The van der Waals surface area contributed by atoms with Crippen molar-refractivity contribution in [2.24, 2.45) is 0 Å². The summed E-state index contributed by atoms with van der Waals surface area (Å²) in [6.07, 6.45) is 0. The molecule has 4 rings (SSSR count). The lowest BCUT2D eigenvalue weighted by molar-refractivity contribution is 0.0456. The van der Waals surface area contributed by atoms with Crippen LogP contribution in [-0.2, 0) is 11.3 Å². The zero-order chi connectivity index (χ0) is 18.6. The Balaban J connectivity index is 1.57. The van der Waals surface area contributed by atoms with E-state index in [1.54, 1.807) is 6.07 Å². The fourth-order valence-corrected chi connectivity index (χ4v) is 2.82. The smallest absolute Gasteiger partial charge is 0.342 e. The minimum absolute atomic E-state index is 0.0588. The van der Waals surface area contributed by atoms with Gasteiger partial charge in [0.1, 0.15) is 11.3 Å². The molecule has 0 aliphatic carbocycles. The molecule has 0 bridgehead atoms. The van der Waals surface area contributed by atoms with E-state index in [1.165, 1.54) is 11.8 Å². The Hall–Kier alpha value is -3.74. The van der Waals surface area contributed by atoms with Crippen LogP contribution in [-0.4, -0.2) is 33.3 Å². The third-order valence-corrected chi connectivity index (χ3v) is 4.15. The van der Waals surface area contributed by atoms with Crippen molar-refractivity contribution in [2.45, 2.75) is 6.61 Å². The molecule has 0 aliphatic rings. The van der Waals surface area contributed by atoms with Crippen molar-refractivity contribution < 1.29 is 14.3 Å². The van der Waals surface area contributed by atoms with Crippen LogP contribution in [0.15, 0.2) is 66.7 Å². The summed E-state index contributed by atoms with van der Waals surface area (Å²) in [7, 11) is 1.52. The Morgan fingerprint density at radius 2 is 1.70 bits per heavy atom. The topological polar surface area (TPSA) is 79.1 Å². The number of hydrogen-bond acceptors (Lipinski definition) is 6. The molecule has 1 heterocycles. The zero-order valence-corrected chi connectivity index (χ0v) is 14.6. The Labute approximate surface area is 155 Å². The highest BCUT2D eigenvalue weighted by Gasteiger charge is 2.17. The van der Waals surface area contributed by atoms with Gasteiger partial charge in [-0.1, -0.05) is 42.5 Å². The van der Waals surface area contributed by atoms with Crippen molar-refractivity contribution in [3.8, 4) is 11.4 Å². The molecular weight excluding hydrogens is 344 g/mol. The number of hydrogen-bond donors (Lipinski definition) is 0. The monoisotopic (exact) mass is 360 g/mol. The van der Waals surface area contributed by atoms with Crippen LogP contribution < -0.4 is 4.74 Å². The number of carbonyl (C=O) groups excluding carboxylic acids is 1. The number of tetrazole rings is 1. The summed E-state index contributed by atoms with van der Waals surface area (Å²) in [5, 5.41) is 13.5. The van der Waals surface area contributed by atoms with Gasteiger partial charge in [-0.3, -0.25) is 0 Å². The van der Waals surface area contributed by atoms with Gasteiger partial charge >= 0.3 is 5.97 Å². The molecule has 27 heavy (non-hydrogen) atoms. The number of nitrogens with zero attached hydrogens (tertiary/aromatic N) is 4. The molecule has 1 aromatic heterocycles. The molecule has 0 spiro atoms. The number of rotatable bonds is 5. The van der Waals surface area contributed by atoms with Crippen molar-refractivity contribution in [2.75, 3.05) is 7.11 Å². The average molecular weight is 360 g/mol. The van der Waals surface area contributed by atoms with Gasteiger partial charge in [-0.25, -0.2) is 4.79 Å². The molecule has 0 amide bonds. The molecule has 0 aliphatic heterocycles. The largest absolute Gasteiger partial charge is 0.496 e. The minimum atomic E-state index is -0.500. The lowest BCUT2D eigenvalue weighted by Gasteiger charge is -2.10. The first-order valence-electron chi connectivity index (χ1n) is 8.33. The van der Waals surface area contributed by atoms with Crippen LogP contribution in [0.5, 0.6) is 5.75 Å². The van der Waals surface area contributed by atoms with E-state index < -0.39 is 5.97 Å². The maximum Gasteiger partial charge on any atom is 0.342 e. The Morgan fingerprint density at radius 3 is 2.44 bits per heavy atom. The first-order valence-corrected chi connectivity index (χ1v) is 8.33. The molecule has 0 N–H and O–H groups in total. The van der Waals surface area contributed by atoms with Crippen molar-refractivity contribution in [3.05, 3.63) is 78.1 Å². The highest BCUT2D eigenvalue weighted by molar-refractivity contribution is 5.98. The summed E-state index contributed by atoms with van der Waals surface area (Å²) < 4.78 is 12.3. The summed E-state index contributed by atoms with van der Waals surface area (Å²) in [6, 6.07) is 20.7. The number of esters is 1. The number of aromatic nitrogens is 4. The van der Waals surface area contributed by atoms with Gasteiger partial charge in [-0.05, 0) is 45.5 Å². The molecule has 3 aromatic carbocycles. The van der Waals surface area contributed by atoms with E-state index in [9.17, 15) is 4.79 Å². The van der Waals surface area contributed by atoms with Crippen LogP contribution in [0.3, 0.4) is 0 Å². The predicted octanol–water partition coefficient (Wildman–Crippen LogP) is 3.18. The van der Waals surface area contributed by atoms with Gasteiger partial charge in [-0.15, -0.1) is 5.10 Å². The summed E-state index contributed by atoms with van der Waals surface area (Å²) in [4.78, 5) is 12.6. The number of para-hydroxylation sites is 1. The number of fused-ring (bicyclic) bond motifs is 1. The molecular formula is C20H16N4O3. The fourth-order valence-electron chi connectivity index (χ4n) is 2.82. The summed E-state index contributed by atoms with van der Waals surface area (Å²) in [5.41, 5.74) is 1.15. The molecule has 0 saturated carbocycles. The van der Waals surface area contributed by atoms with Crippen molar-refractivity contribution >= 4 is 16.7 Å². The van der Waals surface area contributed by atoms with Crippen molar-refractivity contribution in [3.63, 3.8) is 0 Å². The van der Waals surface area contributed by atoms with Crippen molar-refractivity contribution in [1.82, 2.24) is 20.2 Å². The molecule has 4 aromatic rings. The summed E-state index contributed by atoms with van der Waals surface area (Å²) >= 11 is 0. The van der Waals surface area contributed by atoms with Crippen molar-refractivity contribution in [1.29, 1.82) is 0 Å². The highest BCUT2D eigenvalue weighted by atomic mass is 16.5. The molecule has 0 fully saturated rings. The predicted molar refractivity (Wildman–Crippen MR) is 98.8 cm³/mol. The van der Waals surface area contributed by atoms with E-state index in [4.69, 9.17) is 9.47 Å². The molecule has 0 saturated heterocycles.